The molecule has 1 aliphatic rings. The number of benzene rings is 2. The summed E-state index contributed by atoms with van der Waals surface area (Å²) in [6.07, 6.45) is 0. The molecule has 4 nitrogen and oxygen atoms in total. The summed E-state index contributed by atoms with van der Waals surface area (Å²) >= 11 is 9.52. The third kappa shape index (κ3) is 4.67. The molecule has 0 radical (unpaired) electrons. The zero-order chi connectivity index (χ0) is 17.8. The van der Waals surface area contributed by atoms with Crippen LogP contribution in [-0.4, -0.2) is 43.6 Å². The van der Waals surface area contributed by atoms with E-state index in [1.54, 1.807) is 0 Å². The number of anilines is 1. The van der Waals surface area contributed by atoms with E-state index in [-0.39, 0.29) is 12.5 Å². The van der Waals surface area contributed by atoms with Gasteiger partial charge in [0.1, 0.15) is 5.75 Å². The number of carbonyl (C=O) groups is 1. The monoisotopic (exact) mass is 422 g/mol. The molecule has 6 heteroatoms. The van der Waals surface area contributed by atoms with Crippen LogP contribution in [0.4, 0.5) is 5.69 Å². The van der Waals surface area contributed by atoms with Gasteiger partial charge in [0.05, 0.1) is 4.47 Å². The van der Waals surface area contributed by atoms with E-state index in [0.717, 1.165) is 33.8 Å². The Labute approximate surface area is 161 Å². The first-order valence-electron chi connectivity index (χ1n) is 8.20. The number of ether oxygens (including phenoxy) is 1. The summed E-state index contributed by atoms with van der Waals surface area (Å²) in [5, 5.41) is 0.730. The molecule has 0 N–H and O–H groups in total. The van der Waals surface area contributed by atoms with Crippen LogP contribution in [0.1, 0.15) is 5.56 Å². The lowest BCUT2D eigenvalue weighted by molar-refractivity contribution is -0.133. The molecular weight excluding hydrogens is 404 g/mol. The zero-order valence-electron chi connectivity index (χ0n) is 14.0. The minimum atomic E-state index is 0.0122. The highest BCUT2D eigenvalue weighted by Gasteiger charge is 2.22. The second-order valence-corrected chi connectivity index (χ2v) is 7.36. The van der Waals surface area contributed by atoms with Crippen molar-refractivity contribution in [1.29, 1.82) is 0 Å². The molecule has 1 heterocycles. The third-order valence-electron chi connectivity index (χ3n) is 4.24. The van der Waals surface area contributed by atoms with E-state index in [1.165, 1.54) is 0 Å². The predicted molar refractivity (Wildman–Crippen MR) is 105 cm³/mol. The number of hydrogen-bond donors (Lipinski definition) is 0. The molecule has 132 valence electrons. The van der Waals surface area contributed by atoms with Gasteiger partial charge in [0.15, 0.2) is 6.61 Å². The second-order valence-electron chi connectivity index (χ2n) is 6.07. The standard InChI is InChI=1S/C19H20BrClN2O2/c1-14-5-6-18(17(20)11-14)25-13-19(24)23-9-7-22(8-10-23)16-4-2-3-15(21)12-16/h2-6,11-12H,7-10,13H2,1H3. The summed E-state index contributed by atoms with van der Waals surface area (Å²) in [6.45, 7) is 5.02. The van der Waals surface area contributed by atoms with Crippen molar-refractivity contribution in [1.82, 2.24) is 4.90 Å². The average molecular weight is 424 g/mol. The predicted octanol–water partition coefficient (Wildman–Crippen LogP) is 4.14. The van der Waals surface area contributed by atoms with Gasteiger partial charge in [0.25, 0.3) is 5.91 Å². The number of carbonyl (C=O) groups excluding carboxylic acids is 1. The maximum absolute atomic E-state index is 12.4. The number of aryl methyl sites for hydroxylation is 1. The maximum Gasteiger partial charge on any atom is 0.260 e. The Morgan fingerprint density at radius 1 is 1.16 bits per heavy atom. The quantitative estimate of drug-likeness (QED) is 0.741. The van der Waals surface area contributed by atoms with E-state index >= 15 is 0 Å². The Morgan fingerprint density at radius 3 is 2.60 bits per heavy atom. The van der Waals surface area contributed by atoms with Crippen LogP contribution in [0.3, 0.4) is 0 Å². The normalized spacial score (nSPS) is 14.5. The average Bonchev–Trinajstić information content (AvgIpc) is 2.61. The van der Waals surface area contributed by atoms with E-state index in [9.17, 15) is 4.79 Å². The number of piperazine rings is 1. The van der Waals surface area contributed by atoms with Gasteiger partial charge in [-0.2, -0.15) is 0 Å². The topological polar surface area (TPSA) is 32.8 Å². The number of amides is 1. The summed E-state index contributed by atoms with van der Waals surface area (Å²) in [5.74, 6) is 0.703. The maximum atomic E-state index is 12.4. The molecule has 1 amide bonds. The van der Waals surface area contributed by atoms with Crippen LogP contribution >= 0.6 is 27.5 Å². The van der Waals surface area contributed by atoms with Gasteiger partial charge in [-0.05, 0) is 58.7 Å². The van der Waals surface area contributed by atoms with Crippen LogP contribution in [0.25, 0.3) is 0 Å². The number of halogens is 2. The summed E-state index contributed by atoms with van der Waals surface area (Å²) in [6, 6.07) is 13.6. The van der Waals surface area contributed by atoms with Crippen molar-refractivity contribution in [2.45, 2.75) is 6.92 Å². The smallest absolute Gasteiger partial charge is 0.260 e. The first-order chi connectivity index (χ1) is 12.0. The molecule has 2 aromatic rings. The molecule has 2 aromatic carbocycles. The highest BCUT2D eigenvalue weighted by atomic mass is 79.9. The lowest BCUT2D eigenvalue weighted by atomic mass is 10.2. The fourth-order valence-electron chi connectivity index (χ4n) is 2.84. The van der Waals surface area contributed by atoms with E-state index < -0.39 is 0 Å². The van der Waals surface area contributed by atoms with E-state index in [2.05, 4.69) is 20.8 Å². The van der Waals surface area contributed by atoms with Gasteiger partial charge in [-0.1, -0.05) is 23.7 Å². The Balaban J connectivity index is 1.51. The molecule has 0 aromatic heterocycles. The van der Waals surface area contributed by atoms with Gasteiger partial charge >= 0.3 is 0 Å². The fourth-order valence-corrected chi connectivity index (χ4v) is 3.63. The van der Waals surface area contributed by atoms with Crippen molar-refractivity contribution in [2.24, 2.45) is 0 Å². The minimum Gasteiger partial charge on any atom is -0.483 e. The van der Waals surface area contributed by atoms with Crippen LogP contribution in [0.2, 0.25) is 5.02 Å². The van der Waals surface area contributed by atoms with Crippen LogP contribution < -0.4 is 9.64 Å². The van der Waals surface area contributed by atoms with E-state index in [1.807, 2.05) is 54.3 Å². The highest BCUT2D eigenvalue weighted by molar-refractivity contribution is 9.10. The lowest BCUT2D eigenvalue weighted by Gasteiger charge is -2.36. The highest BCUT2D eigenvalue weighted by Crippen LogP contribution is 2.26. The molecule has 0 saturated carbocycles. The first kappa shape index (κ1) is 18.1. The Bertz CT molecular complexity index is 761. The van der Waals surface area contributed by atoms with Crippen LogP contribution in [0.5, 0.6) is 5.75 Å². The van der Waals surface area contributed by atoms with Gasteiger partial charge in [-0.3, -0.25) is 4.79 Å². The van der Waals surface area contributed by atoms with Crippen molar-refractivity contribution < 1.29 is 9.53 Å². The molecule has 0 aliphatic carbocycles. The molecule has 1 fully saturated rings. The molecule has 1 aliphatic heterocycles. The molecular formula is C19H20BrClN2O2. The van der Waals surface area contributed by atoms with E-state index in [0.29, 0.717) is 18.8 Å². The number of hydrogen-bond acceptors (Lipinski definition) is 3. The second kappa shape index (κ2) is 8.11. The number of nitrogens with zero attached hydrogens (tertiary/aromatic N) is 2. The van der Waals surface area contributed by atoms with Gasteiger partial charge < -0.3 is 14.5 Å². The zero-order valence-corrected chi connectivity index (χ0v) is 16.4. The largest absolute Gasteiger partial charge is 0.483 e. The lowest BCUT2D eigenvalue weighted by Crippen LogP contribution is -2.50. The Morgan fingerprint density at radius 2 is 1.92 bits per heavy atom. The Hall–Kier alpha value is -1.72. The van der Waals surface area contributed by atoms with Gasteiger partial charge in [-0.25, -0.2) is 0 Å². The van der Waals surface area contributed by atoms with Crippen molar-refractivity contribution >= 4 is 39.1 Å². The number of rotatable bonds is 4. The first-order valence-corrected chi connectivity index (χ1v) is 9.37. The molecule has 0 bridgehead atoms. The van der Waals surface area contributed by atoms with Crippen LogP contribution in [0.15, 0.2) is 46.9 Å². The third-order valence-corrected chi connectivity index (χ3v) is 5.10. The molecule has 0 atom stereocenters. The summed E-state index contributed by atoms with van der Waals surface area (Å²) in [4.78, 5) is 16.5. The molecule has 0 unspecified atom stereocenters. The van der Waals surface area contributed by atoms with Gasteiger partial charge in [-0.15, -0.1) is 0 Å². The minimum absolute atomic E-state index is 0.0122. The van der Waals surface area contributed by atoms with Crippen molar-refractivity contribution in [3.63, 3.8) is 0 Å². The molecule has 25 heavy (non-hydrogen) atoms. The summed E-state index contributed by atoms with van der Waals surface area (Å²) < 4.78 is 6.53. The molecule has 0 spiro atoms. The summed E-state index contributed by atoms with van der Waals surface area (Å²) in [7, 11) is 0. The van der Waals surface area contributed by atoms with Crippen molar-refractivity contribution in [3.8, 4) is 5.75 Å². The van der Waals surface area contributed by atoms with Gasteiger partial charge in [0, 0.05) is 36.9 Å². The van der Waals surface area contributed by atoms with Crippen molar-refractivity contribution in [2.75, 3.05) is 37.7 Å². The SMILES string of the molecule is Cc1ccc(OCC(=O)N2CCN(c3cccc(Cl)c3)CC2)c(Br)c1. The van der Waals surface area contributed by atoms with Crippen LogP contribution in [0, 0.1) is 6.92 Å². The van der Waals surface area contributed by atoms with Crippen LogP contribution in [-0.2, 0) is 4.79 Å². The fraction of sp³-hybridized carbons (Fsp3) is 0.316. The van der Waals surface area contributed by atoms with Gasteiger partial charge in [0.2, 0.25) is 0 Å². The molecule has 1 saturated heterocycles. The summed E-state index contributed by atoms with van der Waals surface area (Å²) in [5.41, 5.74) is 2.24. The van der Waals surface area contributed by atoms with E-state index in [4.69, 9.17) is 16.3 Å². The Kier molecular flexibility index (Phi) is 5.86. The molecule has 3 rings (SSSR count). The van der Waals surface area contributed by atoms with Crippen molar-refractivity contribution in [3.05, 3.63) is 57.5 Å².